The molecule has 1 N–H and O–H groups in total. The summed E-state index contributed by atoms with van der Waals surface area (Å²) in [5.74, 6) is 0. The summed E-state index contributed by atoms with van der Waals surface area (Å²) in [5, 5.41) is 8.68. The lowest BCUT2D eigenvalue weighted by atomic mass is 9.78. The average molecular weight is 248 g/mol. The van der Waals surface area contributed by atoms with Crippen LogP contribution in [0.1, 0.15) is 36.8 Å². The highest BCUT2D eigenvalue weighted by atomic mass is 16.6. The average Bonchev–Trinajstić information content (AvgIpc) is 2.76. The zero-order chi connectivity index (χ0) is 12.8. The van der Waals surface area contributed by atoms with E-state index in [0.717, 1.165) is 32.3 Å². The third-order valence-electron chi connectivity index (χ3n) is 3.26. The van der Waals surface area contributed by atoms with Crippen molar-refractivity contribution in [2.24, 2.45) is 0 Å². The van der Waals surface area contributed by atoms with Gasteiger partial charge in [-0.25, -0.2) is 0 Å². The molecule has 1 aromatic carbocycles. The third-order valence-corrected chi connectivity index (χ3v) is 3.26. The fourth-order valence-electron chi connectivity index (χ4n) is 2.24. The van der Waals surface area contributed by atoms with Gasteiger partial charge in [0.25, 0.3) is 0 Å². The predicted molar refractivity (Wildman–Crippen MR) is 72.9 cm³/mol. The van der Waals surface area contributed by atoms with Gasteiger partial charge in [0.05, 0.1) is 6.61 Å². The van der Waals surface area contributed by atoms with Gasteiger partial charge in [0, 0.05) is 13.2 Å². The maximum atomic E-state index is 8.68. The highest BCUT2D eigenvalue weighted by molar-refractivity contribution is 6.62. The Bertz CT molecular complexity index is 381. The minimum Gasteiger partial charge on any atom is -0.407 e. The molecule has 0 spiro atoms. The SMILES string of the molecule is Cc1ccc2c(c1)COB2OCCCCCCO. The van der Waals surface area contributed by atoms with Gasteiger partial charge in [-0.05, 0) is 30.8 Å². The Balaban J connectivity index is 1.73. The standard InChI is InChI=1S/C14H21BO3/c1-12-6-7-14-13(10-12)11-18-15(14)17-9-5-3-2-4-8-16/h6-7,10,16H,2-5,8-9,11H2,1H3. The zero-order valence-electron chi connectivity index (χ0n) is 11.0. The van der Waals surface area contributed by atoms with Crippen LogP contribution in [0.3, 0.4) is 0 Å². The van der Waals surface area contributed by atoms with E-state index in [1.54, 1.807) is 0 Å². The van der Waals surface area contributed by atoms with Crippen molar-refractivity contribution >= 4 is 12.6 Å². The van der Waals surface area contributed by atoms with Crippen molar-refractivity contribution in [3.05, 3.63) is 29.3 Å². The molecule has 1 aromatic rings. The highest BCUT2D eigenvalue weighted by Gasteiger charge is 2.30. The molecule has 0 saturated heterocycles. The first kappa shape index (κ1) is 13.6. The van der Waals surface area contributed by atoms with E-state index >= 15 is 0 Å². The van der Waals surface area contributed by atoms with Gasteiger partial charge in [0.1, 0.15) is 0 Å². The van der Waals surface area contributed by atoms with Crippen LogP contribution >= 0.6 is 0 Å². The number of benzene rings is 1. The summed E-state index contributed by atoms with van der Waals surface area (Å²) in [6, 6.07) is 6.37. The van der Waals surface area contributed by atoms with Gasteiger partial charge in [-0.1, -0.05) is 36.6 Å². The molecule has 0 aromatic heterocycles. The Morgan fingerprint density at radius 1 is 1.28 bits per heavy atom. The van der Waals surface area contributed by atoms with E-state index in [9.17, 15) is 0 Å². The predicted octanol–water partition coefficient (Wildman–Crippen LogP) is 1.79. The number of aryl methyl sites for hydroxylation is 1. The number of unbranched alkanes of at least 4 members (excludes halogenated alkanes) is 3. The molecule has 1 heterocycles. The van der Waals surface area contributed by atoms with E-state index < -0.39 is 0 Å². The molecule has 0 saturated carbocycles. The second kappa shape index (κ2) is 6.93. The van der Waals surface area contributed by atoms with Gasteiger partial charge in [-0.2, -0.15) is 0 Å². The van der Waals surface area contributed by atoms with Crippen molar-refractivity contribution in [3.8, 4) is 0 Å². The number of rotatable bonds is 7. The summed E-state index contributed by atoms with van der Waals surface area (Å²) in [6.45, 7) is 3.77. The molecule has 0 unspecified atom stereocenters. The number of hydrogen-bond donors (Lipinski definition) is 1. The maximum Gasteiger partial charge on any atom is 0.494 e. The number of fused-ring (bicyclic) bond motifs is 1. The fraction of sp³-hybridized carbons (Fsp3) is 0.571. The number of aliphatic hydroxyl groups excluding tert-OH is 1. The topological polar surface area (TPSA) is 38.7 Å². The zero-order valence-corrected chi connectivity index (χ0v) is 11.0. The normalized spacial score (nSPS) is 14.0. The van der Waals surface area contributed by atoms with Gasteiger partial charge < -0.3 is 14.4 Å². The van der Waals surface area contributed by atoms with E-state index in [1.807, 2.05) is 0 Å². The van der Waals surface area contributed by atoms with Crippen LogP contribution in [0.2, 0.25) is 0 Å². The quantitative estimate of drug-likeness (QED) is 0.590. The van der Waals surface area contributed by atoms with Crippen LogP contribution in [0, 0.1) is 6.92 Å². The maximum absolute atomic E-state index is 8.68. The molecule has 0 radical (unpaired) electrons. The van der Waals surface area contributed by atoms with Crippen molar-refractivity contribution in [3.63, 3.8) is 0 Å². The van der Waals surface area contributed by atoms with Crippen LogP contribution in [0.4, 0.5) is 0 Å². The minimum atomic E-state index is -0.182. The lowest BCUT2D eigenvalue weighted by Crippen LogP contribution is -2.32. The minimum absolute atomic E-state index is 0.182. The number of aliphatic hydroxyl groups is 1. The molecule has 0 aliphatic carbocycles. The van der Waals surface area contributed by atoms with Crippen LogP contribution in [0.15, 0.2) is 18.2 Å². The number of hydrogen-bond acceptors (Lipinski definition) is 3. The monoisotopic (exact) mass is 248 g/mol. The Hall–Kier alpha value is -0.835. The van der Waals surface area contributed by atoms with Gasteiger partial charge in [0.15, 0.2) is 0 Å². The molecular weight excluding hydrogens is 227 g/mol. The molecule has 1 aliphatic heterocycles. The largest absolute Gasteiger partial charge is 0.494 e. The summed E-state index contributed by atoms with van der Waals surface area (Å²) in [4.78, 5) is 0. The van der Waals surface area contributed by atoms with Crippen LogP contribution in [0.5, 0.6) is 0 Å². The summed E-state index contributed by atoms with van der Waals surface area (Å²) in [6.07, 6.45) is 4.10. The first-order valence-corrected chi connectivity index (χ1v) is 6.75. The lowest BCUT2D eigenvalue weighted by molar-refractivity contribution is 0.206. The summed E-state index contributed by atoms with van der Waals surface area (Å²) in [7, 11) is -0.182. The van der Waals surface area contributed by atoms with Crippen molar-refractivity contribution < 1.29 is 14.4 Å². The van der Waals surface area contributed by atoms with Crippen LogP contribution < -0.4 is 5.46 Å². The molecule has 18 heavy (non-hydrogen) atoms. The molecule has 2 rings (SSSR count). The Kier molecular flexibility index (Phi) is 5.23. The van der Waals surface area contributed by atoms with Crippen LogP contribution in [-0.4, -0.2) is 25.4 Å². The van der Waals surface area contributed by atoms with E-state index in [1.165, 1.54) is 16.6 Å². The van der Waals surface area contributed by atoms with Crippen molar-refractivity contribution in [2.75, 3.05) is 13.2 Å². The third kappa shape index (κ3) is 3.58. The Labute approximate surface area is 109 Å². The lowest BCUT2D eigenvalue weighted by Gasteiger charge is -2.08. The molecule has 98 valence electrons. The van der Waals surface area contributed by atoms with E-state index in [-0.39, 0.29) is 7.12 Å². The van der Waals surface area contributed by atoms with Crippen molar-refractivity contribution in [1.29, 1.82) is 0 Å². The first-order chi connectivity index (χ1) is 8.81. The van der Waals surface area contributed by atoms with E-state index in [4.69, 9.17) is 14.4 Å². The molecular formula is C14H21BO3. The Morgan fingerprint density at radius 2 is 2.11 bits per heavy atom. The molecule has 3 nitrogen and oxygen atoms in total. The van der Waals surface area contributed by atoms with Crippen molar-refractivity contribution in [1.82, 2.24) is 0 Å². The van der Waals surface area contributed by atoms with Crippen LogP contribution in [-0.2, 0) is 15.9 Å². The Morgan fingerprint density at radius 3 is 2.94 bits per heavy atom. The first-order valence-electron chi connectivity index (χ1n) is 6.75. The summed E-state index contributed by atoms with van der Waals surface area (Å²) >= 11 is 0. The summed E-state index contributed by atoms with van der Waals surface area (Å²) < 4.78 is 11.4. The van der Waals surface area contributed by atoms with E-state index in [0.29, 0.717) is 13.2 Å². The van der Waals surface area contributed by atoms with Crippen LogP contribution in [0.25, 0.3) is 0 Å². The van der Waals surface area contributed by atoms with Gasteiger partial charge in [-0.3, -0.25) is 0 Å². The second-order valence-electron chi connectivity index (χ2n) is 4.85. The summed E-state index contributed by atoms with van der Waals surface area (Å²) in [5.41, 5.74) is 3.69. The van der Waals surface area contributed by atoms with E-state index in [2.05, 4.69) is 25.1 Å². The molecule has 0 amide bonds. The van der Waals surface area contributed by atoms with Gasteiger partial charge >= 0.3 is 7.12 Å². The second-order valence-corrected chi connectivity index (χ2v) is 4.85. The van der Waals surface area contributed by atoms with Gasteiger partial charge in [0.2, 0.25) is 0 Å². The molecule has 0 atom stereocenters. The highest BCUT2D eigenvalue weighted by Crippen LogP contribution is 2.13. The smallest absolute Gasteiger partial charge is 0.407 e. The molecule has 0 fully saturated rings. The molecule has 4 heteroatoms. The fourth-order valence-corrected chi connectivity index (χ4v) is 2.24. The van der Waals surface area contributed by atoms with Gasteiger partial charge in [-0.15, -0.1) is 0 Å². The molecule has 0 bridgehead atoms. The molecule has 1 aliphatic rings. The van der Waals surface area contributed by atoms with Crippen molar-refractivity contribution in [2.45, 2.75) is 39.2 Å².